The SMILES string of the molecule is CCCCCN(C)S(=O)(=O)c1ccc(CN)cc1F. The summed E-state index contributed by atoms with van der Waals surface area (Å²) in [5.41, 5.74) is 5.97. The fourth-order valence-corrected chi connectivity index (χ4v) is 3.00. The molecule has 0 unspecified atom stereocenters. The van der Waals surface area contributed by atoms with Crippen molar-refractivity contribution < 1.29 is 12.8 Å². The Morgan fingerprint density at radius 3 is 2.53 bits per heavy atom. The third-order valence-electron chi connectivity index (χ3n) is 3.00. The number of sulfonamides is 1. The van der Waals surface area contributed by atoms with Gasteiger partial charge in [0.05, 0.1) is 0 Å². The molecule has 0 amide bonds. The molecule has 2 N–H and O–H groups in total. The lowest BCUT2D eigenvalue weighted by molar-refractivity contribution is 0.449. The van der Waals surface area contributed by atoms with Gasteiger partial charge >= 0.3 is 0 Å². The van der Waals surface area contributed by atoms with Crippen molar-refractivity contribution in [3.63, 3.8) is 0 Å². The number of rotatable bonds is 7. The van der Waals surface area contributed by atoms with E-state index in [4.69, 9.17) is 5.73 Å². The zero-order valence-corrected chi connectivity index (χ0v) is 12.2. The van der Waals surface area contributed by atoms with Crippen molar-refractivity contribution in [1.82, 2.24) is 4.31 Å². The van der Waals surface area contributed by atoms with Crippen LogP contribution in [0.5, 0.6) is 0 Å². The highest BCUT2D eigenvalue weighted by atomic mass is 32.2. The monoisotopic (exact) mass is 288 g/mol. The van der Waals surface area contributed by atoms with Gasteiger partial charge in [-0.05, 0) is 24.1 Å². The van der Waals surface area contributed by atoms with Crippen LogP contribution in [0.15, 0.2) is 23.1 Å². The topological polar surface area (TPSA) is 63.4 Å². The minimum absolute atomic E-state index is 0.184. The molecule has 0 aliphatic carbocycles. The van der Waals surface area contributed by atoms with Crippen molar-refractivity contribution in [2.45, 2.75) is 37.6 Å². The molecule has 0 aliphatic heterocycles. The van der Waals surface area contributed by atoms with E-state index in [1.54, 1.807) is 0 Å². The summed E-state index contributed by atoms with van der Waals surface area (Å²) in [5.74, 6) is -0.745. The average Bonchev–Trinajstić information content (AvgIpc) is 2.38. The largest absolute Gasteiger partial charge is 0.326 e. The third kappa shape index (κ3) is 3.99. The Hall–Kier alpha value is -0.980. The molecule has 0 radical (unpaired) electrons. The number of unbranched alkanes of at least 4 members (excludes halogenated alkanes) is 2. The maximum atomic E-state index is 13.8. The van der Waals surface area contributed by atoms with E-state index in [2.05, 4.69) is 0 Å². The second kappa shape index (κ2) is 6.98. The first-order valence-corrected chi connectivity index (χ1v) is 7.82. The van der Waals surface area contributed by atoms with Crippen molar-refractivity contribution in [1.29, 1.82) is 0 Å². The summed E-state index contributed by atoms with van der Waals surface area (Å²) in [6.45, 7) is 2.62. The van der Waals surface area contributed by atoms with Crippen molar-refractivity contribution in [3.8, 4) is 0 Å². The molecule has 19 heavy (non-hydrogen) atoms. The lowest BCUT2D eigenvalue weighted by atomic mass is 10.2. The number of benzene rings is 1. The van der Waals surface area contributed by atoms with Gasteiger partial charge in [-0.3, -0.25) is 0 Å². The van der Waals surface area contributed by atoms with Crippen LogP contribution in [0.4, 0.5) is 4.39 Å². The Kier molecular flexibility index (Phi) is 5.90. The van der Waals surface area contributed by atoms with Crippen LogP contribution in [0.1, 0.15) is 31.7 Å². The molecule has 1 aromatic rings. The molecule has 0 saturated heterocycles. The van der Waals surface area contributed by atoms with E-state index in [0.717, 1.165) is 19.3 Å². The van der Waals surface area contributed by atoms with Crippen molar-refractivity contribution in [3.05, 3.63) is 29.6 Å². The lowest BCUT2D eigenvalue weighted by Gasteiger charge is -2.17. The van der Waals surface area contributed by atoms with Gasteiger partial charge in [-0.25, -0.2) is 17.1 Å². The predicted molar refractivity (Wildman–Crippen MR) is 73.6 cm³/mol. The van der Waals surface area contributed by atoms with E-state index >= 15 is 0 Å². The molecule has 0 atom stereocenters. The van der Waals surface area contributed by atoms with Crippen LogP contribution in [0.3, 0.4) is 0 Å². The zero-order chi connectivity index (χ0) is 14.5. The minimum atomic E-state index is -3.76. The van der Waals surface area contributed by atoms with Crippen LogP contribution in [0.25, 0.3) is 0 Å². The summed E-state index contributed by atoms with van der Waals surface area (Å²) in [5, 5.41) is 0. The number of halogens is 1. The van der Waals surface area contributed by atoms with Gasteiger partial charge in [0.15, 0.2) is 0 Å². The maximum absolute atomic E-state index is 13.8. The van der Waals surface area contributed by atoms with Crippen LogP contribution in [0, 0.1) is 5.82 Å². The maximum Gasteiger partial charge on any atom is 0.245 e. The number of hydrogen-bond donors (Lipinski definition) is 1. The molecule has 0 aromatic heterocycles. The molecule has 0 fully saturated rings. The fourth-order valence-electron chi connectivity index (χ4n) is 1.75. The molecular weight excluding hydrogens is 267 g/mol. The lowest BCUT2D eigenvalue weighted by Crippen LogP contribution is -2.28. The number of nitrogens with zero attached hydrogens (tertiary/aromatic N) is 1. The van der Waals surface area contributed by atoms with E-state index in [1.165, 1.54) is 29.6 Å². The molecule has 0 spiro atoms. The Morgan fingerprint density at radius 1 is 1.32 bits per heavy atom. The molecular formula is C13H21FN2O2S. The van der Waals surface area contributed by atoms with Crippen LogP contribution in [-0.2, 0) is 16.6 Å². The first kappa shape index (κ1) is 16.1. The van der Waals surface area contributed by atoms with Gasteiger partial charge < -0.3 is 5.73 Å². The van der Waals surface area contributed by atoms with E-state index in [0.29, 0.717) is 12.1 Å². The second-order valence-electron chi connectivity index (χ2n) is 4.50. The Bertz CT molecular complexity index is 517. The highest BCUT2D eigenvalue weighted by molar-refractivity contribution is 7.89. The molecule has 0 heterocycles. The highest BCUT2D eigenvalue weighted by Crippen LogP contribution is 2.20. The molecule has 6 heteroatoms. The summed E-state index contributed by atoms with van der Waals surface area (Å²) in [6, 6.07) is 3.99. The van der Waals surface area contributed by atoms with E-state index < -0.39 is 15.8 Å². The van der Waals surface area contributed by atoms with Crippen LogP contribution >= 0.6 is 0 Å². The minimum Gasteiger partial charge on any atom is -0.326 e. The van der Waals surface area contributed by atoms with Gasteiger partial charge in [0, 0.05) is 20.1 Å². The molecule has 108 valence electrons. The summed E-state index contributed by atoms with van der Waals surface area (Å²) < 4.78 is 39.4. The Balaban J connectivity index is 2.93. The summed E-state index contributed by atoms with van der Waals surface area (Å²) in [6.07, 6.45) is 2.73. The van der Waals surface area contributed by atoms with Crippen LogP contribution in [0.2, 0.25) is 0 Å². The summed E-state index contributed by atoms with van der Waals surface area (Å²) >= 11 is 0. The van der Waals surface area contributed by atoms with Crippen molar-refractivity contribution >= 4 is 10.0 Å². The summed E-state index contributed by atoms with van der Waals surface area (Å²) in [7, 11) is -2.28. The van der Waals surface area contributed by atoms with E-state index in [-0.39, 0.29) is 11.4 Å². The molecule has 1 aromatic carbocycles. The first-order chi connectivity index (χ1) is 8.93. The van der Waals surface area contributed by atoms with Gasteiger partial charge in [-0.15, -0.1) is 0 Å². The molecule has 4 nitrogen and oxygen atoms in total. The van der Waals surface area contributed by atoms with Crippen LogP contribution < -0.4 is 5.73 Å². The van der Waals surface area contributed by atoms with Gasteiger partial charge in [-0.1, -0.05) is 25.8 Å². The normalized spacial score (nSPS) is 12.1. The smallest absolute Gasteiger partial charge is 0.245 e. The Morgan fingerprint density at radius 2 is 2.00 bits per heavy atom. The quantitative estimate of drug-likeness (QED) is 0.781. The second-order valence-corrected chi connectivity index (χ2v) is 6.52. The molecule has 0 aliphatic rings. The first-order valence-electron chi connectivity index (χ1n) is 6.38. The van der Waals surface area contributed by atoms with Crippen molar-refractivity contribution in [2.75, 3.05) is 13.6 Å². The standard InChI is InChI=1S/C13H21FN2O2S/c1-3-4-5-8-16(2)19(17,18)13-7-6-11(10-15)9-12(13)14/h6-7,9H,3-5,8,10,15H2,1-2H3. The fraction of sp³-hybridized carbons (Fsp3) is 0.538. The molecule has 1 rings (SSSR count). The predicted octanol–water partition coefficient (Wildman–Crippen LogP) is 2.10. The molecule has 0 saturated carbocycles. The zero-order valence-electron chi connectivity index (χ0n) is 11.4. The van der Waals surface area contributed by atoms with Crippen LogP contribution in [-0.4, -0.2) is 26.3 Å². The third-order valence-corrected chi connectivity index (χ3v) is 4.89. The van der Waals surface area contributed by atoms with Gasteiger partial charge in [0.2, 0.25) is 10.0 Å². The van der Waals surface area contributed by atoms with Gasteiger partial charge in [0.25, 0.3) is 0 Å². The molecule has 0 bridgehead atoms. The highest BCUT2D eigenvalue weighted by Gasteiger charge is 2.24. The van der Waals surface area contributed by atoms with E-state index in [9.17, 15) is 12.8 Å². The number of nitrogens with two attached hydrogens (primary N) is 1. The number of hydrogen-bond acceptors (Lipinski definition) is 3. The van der Waals surface area contributed by atoms with Gasteiger partial charge in [0.1, 0.15) is 10.7 Å². The van der Waals surface area contributed by atoms with Gasteiger partial charge in [-0.2, -0.15) is 0 Å². The average molecular weight is 288 g/mol. The van der Waals surface area contributed by atoms with E-state index in [1.807, 2.05) is 6.92 Å². The Labute approximate surface area is 114 Å². The van der Waals surface area contributed by atoms with Crippen molar-refractivity contribution in [2.24, 2.45) is 5.73 Å². The summed E-state index contributed by atoms with van der Waals surface area (Å²) in [4.78, 5) is -0.288.